The van der Waals surface area contributed by atoms with Gasteiger partial charge >= 0.3 is 0 Å². The fourth-order valence-corrected chi connectivity index (χ4v) is 5.98. The first-order chi connectivity index (χ1) is 15.1. The summed E-state index contributed by atoms with van der Waals surface area (Å²) in [4.78, 5) is 15.4. The molecule has 1 aliphatic rings. The van der Waals surface area contributed by atoms with Crippen molar-refractivity contribution in [3.63, 3.8) is 0 Å². The highest BCUT2D eigenvalue weighted by Gasteiger charge is 2.36. The van der Waals surface area contributed by atoms with Gasteiger partial charge in [-0.05, 0) is 53.6 Å². The van der Waals surface area contributed by atoms with E-state index in [4.69, 9.17) is 0 Å². The molecular formula is C28H21NOS. The second-order valence-corrected chi connectivity index (χ2v) is 9.69. The van der Waals surface area contributed by atoms with Crippen LogP contribution in [0.15, 0.2) is 95.8 Å². The molecule has 0 spiro atoms. The summed E-state index contributed by atoms with van der Waals surface area (Å²) in [6.45, 7) is 4.58. The Morgan fingerprint density at radius 1 is 0.677 bits per heavy atom. The number of anilines is 3. The molecule has 2 nitrogen and oxygen atoms in total. The average Bonchev–Trinajstić information content (AvgIpc) is 2.79. The van der Waals surface area contributed by atoms with Gasteiger partial charge in [-0.15, -0.1) is 11.3 Å². The maximum absolute atomic E-state index is 13.1. The van der Waals surface area contributed by atoms with Gasteiger partial charge in [-0.1, -0.05) is 62.4 Å². The Morgan fingerprint density at radius 2 is 1.26 bits per heavy atom. The molecule has 1 aromatic heterocycles. The Balaban J connectivity index is 1.65. The van der Waals surface area contributed by atoms with Crippen molar-refractivity contribution >= 4 is 48.6 Å². The van der Waals surface area contributed by atoms with E-state index in [1.165, 1.54) is 22.5 Å². The van der Waals surface area contributed by atoms with Crippen molar-refractivity contribution in [3.05, 3.63) is 112 Å². The third-order valence-electron chi connectivity index (χ3n) is 6.46. The number of nitrogens with zero attached hydrogens (tertiary/aromatic N) is 1. The van der Waals surface area contributed by atoms with Gasteiger partial charge in [0.05, 0.1) is 11.4 Å². The summed E-state index contributed by atoms with van der Waals surface area (Å²) in [5.41, 5.74) is 6.10. The fraction of sp³-hybridized carbons (Fsp3) is 0.107. The van der Waals surface area contributed by atoms with Gasteiger partial charge < -0.3 is 4.90 Å². The third-order valence-corrected chi connectivity index (χ3v) is 7.59. The first-order valence-electron chi connectivity index (χ1n) is 10.5. The molecular weight excluding hydrogens is 398 g/mol. The SMILES string of the molecule is CC1(C)c2ccccc2N(c2ccc3c(=O)c4ccccc4sc3c2)c2ccccc21. The van der Waals surface area contributed by atoms with E-state index in [1.807, 2.05) is 30.3 Å². The summed E-state index contributed by atoms with van der Waals surface area (Å²) in [6, 6.07) is 31.4. The van der Waals surface area contributed by atoms with Gasteiger partial charge in [-0.2, -0.15) is 0 Å². The minimum absolute atomic E-state index is 0.0818. The van der Waals surface area contributed by atoms with E-state index in [9.17, 15) is 4.79 Å². The van der Waals surface area contributed by atoms with E-state index in [1.54, 1.807) is 11.3 Å². The van der Waals surface area contributed by atoms with Gasteiger partial charge in [0.25, 0.3) is 0 Å². The average molecular weight is 420 g/mol. The summed E-state index contributed by atoms with van der Waals surface area (Å²) in [5.74, 6) is 0. The van der Waals surface area contributed by atoms with Crippen LogP contribution in [0.1, 0.15) is 25.0 Å². The molecule has 1 aliphatic heterocycles. The van der Waals surface area contributed by atoms with Crippen LogP contribution in [0, 0.1) is 0 Å². The summed E-state index contributed by atoms with van der Waals surface area (Å²) in [5, 5.41) is 1.58. The molecule has 0 bridgehead atoms. The minimum Gasteiger partial charge on any atom is -0.310 e. The smallest absolute Gasteiger partial charge is 0.195 e. The predicted octanol–water partition coefficient (Wildman–Crippen LogP) is 7.52. The zero-order chi connectivity index (χ0) is 21.2. The highest BCUT2D eigenvalue weighted by Crippen LogP contribution is 2.51. The molecule has 0 radical (unpaired) electrons. The van der Waals surface area contributed by atoms with Crippen molar-refractivity contribution in [1.82, 2.24) is 0 Å². The van der Waals surface area contributed by atoms with Crippen LogP contribution >= 0.6 is 11.3 Å². The van der Waals surface area contributed by atoms with Gasteiger partial charge in [0.1, 0.15) is 0 Å². The normalized spacial score (nSPS) is 14.5. The lowest BCUT2D eigenvalue weighted by Crippen LogP contribution is -2.30. The quantitative estimate of drug-likeness (QED) is 0.262. The lowest BCUT2D eigenvalue weighted by Gasteiger charge is -2.42. The monoisotopic (exact) mass is 419 g/mol. The largest absolute Gasteiger partial charge is 0.310 e. The molecule has 31 heavy (non-hydrogen) atoms. The van der Waals surface area contributed by atoms with E-state index < -0.39 is 0 Å². The first kappa shape index (κ1) is 18.3. The molecule has 6 rings (SSSR count). The Morgan fingerprint density at radius 3 is 1.97 bits per heavy atom. The number of rotatable bonds is 1. The standard InChI is InChI=1S/C28H21NOS/c1-28(2)21-10-4-6-12-23(21)29(24-13-7-5-11-22(24)28)18-15-16-20-26(17-18)31-25-14-8-3-9-19(25)27(20)30/h3-17H,1-2H3. The molecule has 5 aromatic rings. The molecule has 0 saturated carbocycles. The van der Waals surface area contributed by atoms with Crippen LogP contribution in [0.2, 0.25) is 0 Å². The number of para-hydroxylation sites is 2. The Kier molecular flexibility index (Phi) is 3.87. The maximum atomic E-state index is 13.1. The third kappa shape index (κ3) is 2.60. The van der Waals surface area contributed by atoms with Gasteiger partial charge in [-0.3, -0.25) is 4.79 Å². The van der Waals surface area contributed by atoms with Crippen LogP contribution in [-0.4, -0.2) is 0 Å². The molecule has 4 aromatic carbocycles. The van der Waals surface area contributed by atoms with Crippen molar-refractivity contribution in [2.45, 2.75) is 19.3 Å². The topological polar surface area (TPSA) is 20.3 Å². The zero-order valence-corrected chi connectivity index (χ0v) is 18.2. The van der Waals surface area contributed by atoms with Crippen LogP contribution < -0.4 is 10.3 Å². The molecule has 0 atom stereocenters. The Hall–Kier alpha value is -3.43. The van der Waals surface area contributed by atoms with Crippen LogP contribution in [0.25, 0.3) is 20.2 Å². The molecule has 0 amide bonds. The van der Waals surface area contributed by atoms with E-state index in [0.717, 1.165) is 25.9 Å². The van der Waals surface area contributed by atoms with Crippen molar-refractivity contribution in [3.8, 4) is 0 Å². The number of hydrogen-bond donors (Lipinski definition) is 0. The summed E-state index contributed by atoms with van der Waals surface area (Å²) in [7, 11) is 0. The van der Waals surface area contributed by atoms with Crippen molar-refractivity contribution in [2.75, 3.05) is 4.90 Å². The van der Waals surface area contributed by atoms with Gasteiger partial charge in [0, 0.05) is 31.3 Å². The van der Waals surface area contributed by atoms with Crippen LogP contribution in [0.4, 0.5) is 17.1 Å². The molecule has 0 unspecified atom stereocenters. The summed E-state index contributed by atoms with van der Waals surface area (Å²) in [6.07, 6.45) is 0. The van der Waals surface area contributed by atoms with Crippen LogP contribution in [0.3, 0.4) is 0 Å². The highest BCUT2D eigenvalue weighted by molar-refractivity contribution is 7.24. The lowest BCUT2D eigenvalue weighted by molar-refractivity contribution is 0.632. The van der Waals surface area contributed by atoms with Crippen molar-refractivity contribution < 1.29 is 0 Å². The molecule has 0 N–H and O–H groups in total. The van der Waals surface area contributed by atoms with E-state index in [2.05, 4.69) is 79.4 Å². The zero-order valence-electron chi connectivity index (χ0n) is 17.4. The second-order valence-electron chi connectivity index (χ2n) is 8.60. The number of hydrogen-bond acceptors (Lipinski definition) is 3. The van der Waals surface area contributed by atoms with Crippen molar-refractivity contribution in [2.24, 2.45) is 0 Å². The molecule has 2 heterocycles. The molecule has 0 saturated heterocycles. The number of fused-ring (bicyclic) bond motifs is 4. The Bertz CT molecular complexity index is 1500. The van der Waals surface area contributed by atoms with E-state index in [-0.39, 0.29) is 10.8 Å². The van der Waals surface area contributed by atoms with Gasteiger partial charge in [0.15, 0.2) is 5.43 Å². The maximum Gasteiger partial charge on any atom is 0.195 e. The predicted molar refractivity (Wildman–Crippen MR) is 132 cm³/mol. The fourth-order valence-electron chi connectivity index (χ4n) is 4.88. The van der Waals surface area contributed by atoms with Crippen LogP contribution in [0.5, 0.6) is 0 Å². The van der Waals surface area contributed by atoms with Crippen LogP contribution in [-0.2, 0) is 5.41 Å². The second kappa shape index (κ2) is 6.53. The van der Waals surface area contributed by atoms with E-state index >= 15 is 0 Å². The van der Waals surface area contributed by atoms with Gasteiger partial charge in [-0.25, -0.2) is 0 Å². The van der Waals surface area contributed by atoms with Crippen molar-refractivity contribution in [1.29, 1.82) is 0 Å². The molecule has 3 heteroatoms. The Labute approximate surface area is 185 Å². The first-order valence-corrected chi connectivity index (χ1v) is 11.3. The molecule has 0 fully saturated rings. The summed E-state index contributed by atoms with van der Waals surface area (Å²) < 4.78 is 2.04. The highest BCUT2D eigenvalue weighted by atomic mass is 32.1. The minimum atomic E-state index is -0.0818. The number of benzene rings is 4. The van der Waals surface area contributed by atoms with E-state index in [0.29, 0.717) is 0 Å². The summed E-state index contributed by atoms with van der Waals surface area (Å²) >= 11 is 1.68. The molecule has 150 valence electrons. The van der Waals surface area contributed by atoms with Gasteiger partial charge in [0.2, 0.25) is 0 Å². The molecule has 0 aliphatic carbocycles. The lowest BCUT2D eigenvalue weighted by atomic mass is 9.73.